The molecule has 1 N–H and O–H groups in total. The van der Waals surface area contributed by atoms with Crippen LogP contribution in [0, 0.1) is 0 Å². The van der Waals surface area contributed by atoms with Crippen LogP contribution in [-0.4, -0.2) is 52.9 Å². The Hall–Kier alpha value is -3.22. The molecule has 4 rings (SSSR count). The Bertz CT molecular complexity index is 849. The Morgan fingerprint density at radius 3 is 2.46 bits per heavy atom. The summed E-state index contributed by atoms with van der Waals surface area (Å²) in [6.45, 7) is 4.37. The van der Waals surface area contributed by atoms with Crippen LogP contribution < -0.4 is 15.1 Å². The fourth-order valence-corrected chi connectivity index (χ4v) is 3.34. The summed E-state index contributed by atoms with van der Waals surface area (Å²) in [4.78, 5) is 13.5. The van der Waals surface area contributed by atoms with Gasteiger partial charge in [-0.3, -0.25) is 0 Å². The van der Waals surface area contributed by atoms with Crippen LogP contribution in [0.25, 0.3) is 0 Å². The predicted octanol–water partition coefficient (Wildman–Crippen LogP) is 2.64. The molecule has 2 aromatic heterocycles. The summed E-state index contributed by atoms with van der Waals surface area (Å²) in [6.07, 6.45) is 5.62. The smallest absolute Gasteiger partial charge is 0.247 e. The van der Waals surface area contributed by atoms with E-state index in [-0.39, 0.29) is 0 Å². The van der Waals surface area contributed by atoms with Crippen molar-refractivity contribution in [3.63, 3.8) is 0 Å². The van der Waals surface area contributed by atoms with Crippen molar-refractivity contribution in [3.8, 4) is 0 Å². The molecule has 0 amide bonds. The van der Waals surface area contributed by atoms with Crippen molar-refractivity contribution in [2.75, 3.05) is 47.8 Å². The largest absolute Gasteiger partial charge is 0.369 e. The van der Waals surface area contributed by atoms with E-state index in [1.165, 1.54) is 5.56 Å². The highest BCUT2D eigenvalue weighted by Gasteiger charge is 2.20. The lowest BCUT2D eigenvalue weighted by molar-refractivity contribution is 0.630. The molecule has 1 aromatic carbocycles. The highest BCUT2D eigenvalue weighted by atomic mass is 15.4. The summed E-state index contributed by atoms with van der Waals surface area (Å²) in [5.41, 5.74) is 1.36. The van der Waals surface area contributed by atoms with E-state index in [0.29, 0.717) is 5.95 Å². The molecule has 0 saturated carbocycles. The van der Waals surface area contributed by atoms with Crippen LogP contribution in [0.1, 0.15) is 12.0 Å². The summed E-state index contributed by atoms with van der Waals surface area (Å²) in [5, 5.41) is 11.7. The Morgan fingerprint density at radius 2 is 1.68 bits per heavy atom. The second kappa shape index (κ2) is 9.12. The summed E-state index contributed by atoms with van der Waals surface area (Å²) in [6, 6.07) is 16.5. The van der Waals surface area contributed by atoms with Crippen LogP contribution in [0.2, 0.25) is 0 Å². The Balaban J connectivity index is 1.27. The number of piperazine rings is 1. The molecular weight excluding hydrogens is 350 g/mol. The van der Waals surface area contributed by atoms with Gasteiger partial charge < -0.3 is 15.1 Å². The molecule has 0 radical (unpaired) electrons. The van der Waals surface area contributed by atoms with Crippen molar-refractivity contribution in [1.29, 1.82) is 0 Å². The van der Waals surface area contributed by atoms with E-state index in [1.807, 2.05) is 30.5 Å². The number of hydrogen-bond acceptors (Lipinski definition) is 7. The van der Waals surface area contributed by atoms with Gasteiger partial charge in [0, 0.05) is 38.9 Å². The minimum absolute atomic E-state index is 0.689. The maximum absolute atomic E-state index is 4.65. The molecule has 1 aliphatic heterocycles. The molecule has 0 aliphatic carbocycles. The SMILES string of the molecule is c1ccc(CCCNc2cnnc(N3CCN(c4ccccn4)CC3)n2)cc1. The van der Waals surface area contributed by atoms with Gasteiger partial charge in [0.1, 0.15) is 5.82 Å². The van der Waals surface area contributed by atoms with E-state index in [4.69, 9.17) is 0 Å². The Labute approximate surface area is 165 Å². The number of nitrogens with zero attached hydrogens (tertiary/aromatic N) is 6. The molecule has 0 atom stereocenters. The lowest BCUT2D eigenvalue weighted by atomic mass is 10.1. The van der Waals surface area contributed by atoms with Gasteiger partial charge in [0.05, 0.1) is 6.20 Å². The number of aryl methyl sites for hydroxylation is 1. The van der Waals surface area contributed by atoms with Crippen LogP contribution in [0.5, 0.6) is 0 Å². The van der Waals surface area contributed by atoms with Crippen LogP contribution in [-0.2, 0) is 6.42 Å². The van der Waals surface area contributed by atoms with Gasteiger partial charge in [-0.15, -0.1) is 5.10 Å². The normalized spacial score (nSPS) is 14.1. The van der Waals surface area contributed by atoms with Crippen LogP contribution in [0.3, 0.4) is 0 Å². The summed E-state index contributed by atoms with van der Waals surface area (Å²) < 4.78 is 0. The van der Waals surface area contributed by atoms with Crippen LogP contribution >= 0.6 is 0 Å². The van der Waals surface area contributed by atoms with Crippen molar-refractivity contribution in [1.82, 2.24) is 20.2 Å². The molecule has 3 aromatic rings. The van der Waals surface area contributed by atoms with Crippen LogP contribution in [0.4, 0.5) is 17.6 Å². The van der Waals surface area contributed by atoms with Crippen molar-refractivity contribution in [2.45, 2.75) is 12.8 Å². The zero-order chi connectivity index (χ0) is 19.0. The number of anilines is 3. The van der Waals surface area contributed by atoms with E-state index in [1.54, 1.807) is 6.20 Å². The van der Waals surface area contributed by atoms with Crippen LogP contribution in [0.15, 0.2) is 60.9 Å². The fraction of sp³-hybridized carbons (Fsp3) is 0.333. The van der Waals surface area contributed by atoms with E-state index >= 15 is 0 Å². The fourth-order valence-electron chi connectivity index (χ4n) is 3.34. The van der Waals surface area contributed by atoms with Crippen molar-refractivity contribution >= 4 is 17.6 Å². The molecule has 7 heteroatoms. The van der Waals surface area contributed by atoms with Crippen molar-refractivity contribution in [3.05, 3.63) is 66.5 Å². The topological polar surface area (TPSA) is 70.1 Å². The van der Waals surface area contributed by atoms with E-state index < -0.39 is 0 Å². The van der Waals surface area contributed by atoms with Gasteiger partial charge >= 0.3 is 0 Å². The minimum atomic E-state index is 0.689. The monoisotopic (exact) mass is 375 g/mol. The van der Waals surface area contributed by atoms with Crippen molar-refractivity contribution < 1.29 is 0 Å². The molecule has 28 heavy (non-hydrogen) atoms. The molecule has 1 fully saturated rings. The standard InChI is InChI=1S/C21H25N7/c1-2-7-18(8-3-1)9-6-12-22-19-17-24-26-21(25-19)28-15-13-27(14-16-28)20-10-4-5-11-23-20/h1-5,7-8,10-11,17H,6,9,12-16H2,(H,22,25,26). The number of benzene rings is 1. The third-order valence-corrected chi connectivity index (χ3v) is 4.87. The van der Waals surface area contributed by atoms with Crippen molar-refractivity contribution in [2.24, 2.45) is 0 Å². The lowest BCUT2D eigenvalue weighted by Crippen LogP contribution is -2.47. The second-order valence-electron chi connectivity index (χ2n) is 6.82. The number of rotatable bonds is 7. The van der Waals surface area contributed by atoms with Gasteiger partial charge in [-0.2, -0.15) is 10.1 Å². The third-order valence-electron chi connectivity index (χ3n) is 4.87. The lowest BCUT2D eigenvalue weighted by Gasteiger charge is -2.35. The zero-order valence-electron chi connectivity index (χ0n) is 15.9. The van der Waals surface area contributed by atoms with Gasteiger partial charge in [0.2, 0.25) is 5.95 Å². The Kier molecular flexibility index (Phi) is 5.92. The number of aromatic nitrogens is 4. The molecular formula is C21H25N7. The first-order chi connectivity index (χ1) is 13.9. The van der Waals surface area contributed by atoms with E-state index in [9.17, 15) is 0 Å². The third kappa shape index (κ3) is 4.73. The molecule has 1 saturated heterocycles. The average molecular weight is 375 g/mol. The highest BCUT2D eigenvalue weighted by Crippen LogP contribution is 2.16. The second-order valence-corrected chi connectivity index (χ2v) is 6.82. The highest BCUT2D eigenvalue weighted by molar-refractivity contribution is 5.43. The van der Waals surface area contributed by atoms with E-state index in [2.05, 4.69) is 59.5 Å². The maximum Gasteiger partial charge on any atom is 0.247 e. The van der Waals surface area contributed by atoms with Gasteiger partial charge in [-0.25, -0.2) is 4.98 Å². The maximum atomic E-state index is 4.65. The van der Waals surface area contributed by atoms with Gasteiger partial charge in [-0.1, -0.05) is 36.4 Å². The number of nitrogens with one attached hydrogen (secondary N) is 1. The van der Waals surface area contributed by atoms with Gasteiger partial charge in [0.15, 0.2) is 5.82 Å². The van der Waals surface area contributed by atoms with E-state index in [0.717, 1.165) is 57.2 Å². The first kappa shape index (κ1) is 18.2. The van der Waals surface area contributed by atoms with Gasteiger partial charge in [0.25, 0.3) is 0 Å². The molecule has 1 aliphatic rings. The predicted molar refractivity (Wildman–Crippen MR) is 112 cm³/mol. The molecule has 7 nitrogen and oxygen atoms in total. The first-order valence-electron chi connectivity index (χ1n) is 9.77. The van der Waals surface area contributed by atoms with Gasteiger partial charge in [-0.05, 0) is 30.5 Å². The molecule has 0 unspecified atom stereocenters. The minimum Gasteiger partial charge on any atom is -0.369 e. The summed E-state index contributed by atoms with van der Waals surface area (Å²) >= 11 is 0. The quantitative estimate of drug-likeness (QED) is 0.637. The molecule has 3 heterocycles. The molecule has 0 spiro atoms. The zero-order valence-corrected chi connectivity index (χ0v) is 15.9. The molecule has 144 valence electrons. The summed E-state index contributed by atoms with van der Waals surface area (Å²) in [5.74, 6) is 2.49. The Morgan fingerprint density at radius 1 is 0.893 bits per heavy atom. The number of hydrogen-bond donors (Lipinski definition) is 1. The summed E-state index contributed by atoms with van der Waals surface area (Å²) in [7, 11) is 0. The average Bonchev–Trinajstić information content (AvgIpc) is 2.78. The first-order valence-corrected chi connectivity index (χ1v) is 9.77. The molecule has 0 bridgehead atoms. The number of pyridine rings is 1.